The van der Waals surface area contributed by atoms with Crippen LogP contribution in [0, 0.1) is 13.8 Å². The molecular weight excluding hydrogens is 459 g/mol. The van der Waals surface area contributed by atoms with Crippen molar-refractivity contribution in [2.75, 3.05) is 13.1 Å². The summed E-state index contributed by atoms with van der Waals surface area (Å²) < 4.78 is 1.80. The fourth-order valence-corrected chi connectivity index (χ4v) is 4.50. The van der Waals surface area contributed by atoms with Crippen molar-refractivity contribution in [1.82, 2.24) is 20.0 Å². The van der Waals surface area contributed by atoms with E-state index in [9.17, 15) is 14.4 Å². The Morgan fingerprint density at radius 1 is 1.26 bits per heavy atom. The fraction of sp³-hybridized carbons (Fsp3) is 0.333. The van der Waals surface area contributed by atoms with E-state index >= 15 is 0 Å². The Labute approximate surface area is 194 Å². The van der Waals surface area contributed by atoms with Gasteiger partial charge in [0.05, 0.1) is 20.6 Å². The summed E-state index contributed by atoms with van der Waals surface area (Å²) in [5.74, 6) is -0.558. The minimum absolute atomic E-state index is 0.0992. The molecule has 1 aliphatic heterocycles. The first-order chi connectivity index (χ1) is 14.7. The summed E-state index contributed by atoms with van der Waals surface area (Å²) in [6.45, 7) is 4.18. The van der Waals surface area contributed by atoms with Crippen molar-refractivity contribution < 1.29 is 14.4 Å². The first-order valence-corrected chi connectivity index (χ1v) is 11.2. The molecule has 0 unspecified atom stereocenters. The molecular formula is C21H22Cl2N4O3S. The topological polar surface area (TPSA) is 84.3 Å². The van der Waals surface area contributed by atoms with Crippen molar-refractivity contribution in [3.8, 4) is 0 Å². The molecule has 10 heteroatoms. The molecule has 1 aliphatic rings. The lowest BCUT2D eigenvalue weighted by Gasteiger charge is -2.13. The summed E-state index contributed by atoms with van der Waals surface area (Å²) >= 11 is 13.0. The second-order valence-electron chi connectivity index (χ2n) is 7.10. The zero-order valence-electron chi connectivity index (χ0n) is 17.4. The Morgan fingerprint density at radius 2 is 2.00 bits per heavy atom. The first-order valence-electron chi connectivity index (χ1n) is 9.64. The van der Waals surface area contributed by atoms with Gasteiger partial charge in [-0.1, -0.05) is 35.3 Å². The number of aromatic nitrogens is 2. The van der Waals surface area contributed by atoms with Gasteiger partial charge in [-0.05, 0) is 55.3 Å². The van der Waals surface area contributed by atoms with E-state index in [1.165, 1.54) is 0 Å². The Balaban J connectivity index is 1.53. The number of aryl methyl sites for hydroxylation is 2. The zero-order valence-corrected chi connectivity index (χ0v) is 19.7. The number of carbonyl (C=O) groups is 3. The molecule has 0 saturated carbocycles. The molecule has 0 aliphatic carbocycles. The number of nitrogens with zero attached hydrogens (tertiary/aromatic N) is 3. The van der Waals surface area contributed by atoms with Gasteiger partial charge in [-0.15, -0.1) is 0 Å². The van der Waals surface area contributed by atoms with Crippen LogP contribution in [0.5, 0.6) is 0 Å². The summed E-state index contributed by atoms with van der Waals surface area (Å²) in [6.07, 6.45) is 2.45. The molecule has 164 valence electrons. The van der Waals surface area contributed by atoms with E-state index in [1.807, 2.05) is 20.9 Å². The van der Waals surface area contributed by atoms with Crippen molar-refractivity contribution >= 4 is 58.1 Å². The van der Waals surface area contributed by atoms with Gasteiger partial charge in [-0.2, -0.15) is 5.10 Å². The third-order valence-corrected chi connectivity index (χ3v) is 6.80. The molecule has 0 atom stereocenters. The van der Waals surface area contributed by atoms with Gasteiger partial charge >= 0.3 is 0 Å². The average Bonchev–Trinajstić information content (AvgIpc) is 3.12. The second kappa shape index (κ2) is 9.89. The van der Waals surface area contributed by atoms with E-state index in [1.54, 1.807) is 29.0 Å². The number of hydrogen-bond donors (Lipinski definition) is 1. The van der Waals surface area contributed by atoms with Gasteiger partial charge < -0.3 is 5.32 Å². The van der Waals surface area contributed by atoms with Crippen LogP contribution in [0.4, 0.5) is 4.79 Å². The van der Waals surface area contributed by atoms with E-state index in [2.05, 4.69) is 10.4 Å². The summed E-state index contributed by atoms with van der Waals surface area (Å²) in [6, 6.07) is 5.08. The molecule has 1 aromatic heterocycles. The molecule has 2 aromatic rings. The molecule has 1 saturated heterocycles. The second-order valence-corrected chi connectivity index (χ2v) is 8.88. The van der Waals surface area contributed by atoms with Gasteiger partial charge in [0, 0.05) is 32.3 Å². The highest BCUT2D eigenvalue weighted by Gasteiger charge is 2.34. The fourth-order valence-electron chi connectivity index (χ4n) is 3.28. The van der Waals surface area contributed by atoms with Crippen molar-refractivity contribution in [3.05, 3.63) is 55.7 Å². The molecule has 0 spiro atoms. The van der Waals surface area contributed by atoms with Crippen molar-refractivity contribution in [2.24, 2.45) is 7.05 Å². The monoisotopic (exact) mass is 480 g/mol. The number of hydrogen-bond acceptors (Lipinski definition) is 5. The summed E-state index contributed by atoms with van der Waals surface area (Å²) in [4.78, 5) is 38.4. The van der Waals surface area contributed by atoms with Gasteiger partial charge in [-0.3, -0.25) is 24.0 Å². The number of imide groups is 1. The van der Waals surface area contributed by atoms with Crippen LogP contribution in [0.3, 0.4) is 0 Å². The van der Waals surface area contributed by atoms with Gasteiger partial charge in [0.15, 0.2) is 0 Å². The van der Waals surface area contributed by atoms with E-state index in [4.69, 9.17) is 23.2 Å². The third kappa shape index (κ3) is 5.31. The third-order valence-electron chi connectivity index (χ3n) is 5.06. The normalized spacial score (nSPS) is 15.3. The van der Waals surface area contributed by atoms with Gasteiger partial charge in [0.1, 0.15) is 0 Å². The van der Waals surface area contributed by atoms with Crippen molar-refractivity contribution in [2.45, 2.75) is 26.7 Å². The Hall–Kier alpha value is -2.29. The molecule has 7 nitrogen and oxygen atoms in total. The van der Waals surface area contributed by atoms with Crippen LogP contribution >= 0.6 is 35.0 Å². The van der Waals surface area contributed by atoms with Gasteiger partial charge in [-0.25, -0.2) is 0 Å². The predicted octanol–water partition coefficient (Wildman–Crippen LogP) is 4.13. The minimum atomic E-state index is -0.415. The quantitative estimate of drug-likeness (QED) is 0.602. The Bertz CT molecular complexity index is 1080. The predicted molar refractivity (Wildman–Crippen MR) is 123 cm³/mol. The average molecular weight is 481 g/mol. The van der Waals surface area contributed by atoms with Crippen LogP contribution in [0.25, 0.3) is 6.08 Å². The zero-order chi connectivity index (χ0) is 22.7. The molecule has 0 radical (unpaired) electrons. The lowest BCUT2D eigenvalue weighted by molar-refractivity contribution is -0.124. The van der Waals surface area contributed by atoms with E-state index in [0.717, 1.165) is 33.6 Å². The van der Waals surface area contributed by atoms with Gasteiger partial charge in [0.2, 0.25) is 5.91 Å². The highest BCUT2D eigenvalue weighted by molar-refractivity contribution is 8.18. The molecule has 1 N–H and O–H groups in total. The number of carbonyl (C=O) groups excluding carboxylic acids is 3. The molecule has 3 rings (SSSR count). The SMILES string of the molecule is Cc1nn(C)c(C)c1CCC(=O)NCCN1C(=O)S/C(=C\c2cccc(Cl)c2Cl)C1=O. The lowest BCUT2D eigenvalue weighted by atomic mass is 10.1. The maximum atomic E-state index is 12.6. The smallest absolute Gasteiger partial charge is 0.293 e. The van der Waals surface area contributed by atoms with Crippen molar-refractivity contribution in [3.63, 3.8) is 0 Å². The lowest BCUT2D eigenvalue weighted by Crippen LogP contribution is -2.37. The van der Waals surface area contributed by atoms with Gasteiger partial charge in [0.25, 0.3) is 11.1 Å². The van der Waals surface area contributed by atoms with Crippen LogP contribution in [0.1, 0.15) is 28.9 Å². The van der Waals surface area contributed by atoms with Crippen LogP contribution in [0.15, 0.2) is 23.1 Å². The molecule has 3 amide bonds. The number of rotatable bonds is 7. The summed E-state index contributed by atoms with van der Waals surface area (Å²) in [5, 5.41) is 7.42. The van der Waals surface area contributed by atoms with E-state index in [-0.39, 0.29) is 29.1 Å². The summed E-state index contributed by atoms with van der Waals surface area (Å²) in [7, 11) is 1.87. The van der Waals surface area contributed by atoms with Crippen LogP contribution < -0.4 is 5.32 Å². The van der Waals surface area contributed by atoms with Crippen LogP contribution in [-0.4, -0.2) is 44.8 Å². The minimum Gasteiger partial charge on any atom is -0.354 e. The number of halogens is 2. The number of benzene rings is 1. The molecule has 31 heavy (non-hydrogen) atoms. The summed E-state index contributed by atoms with van der Waals surface area (Å²) in [5.41, 5.74) is 3.58. The Kier molecular flexibility index (Phi) is 7.46. The largest absolute Gasteiger partial charge is 0.354 e. The Morgan fingerprint density at radius 3 is 2.68 bits per heavy atom. The van der Waals surface area contributed by atoms with E-state index < -0.39 is 5.91 Å². The maximum absolute atomic E-state index is 12.6. The molecule has 1 aromatic carbocycles. The highest BCUT2D eigenvalue weighted by Crippen LogP contribution is 2.34. The molecule has 2 heterocycles. The number of thioether (sulfide) groups is 1. The first kappa shape index (κ1) is 23.4. The van der Waals surface area contributed by atoms with Crippen molar-refractivity contribution in [1.29, 1.82) is 0 Å². The van der Waals surface area contributed by atoms with Crippen LogP contribution in [-0.2, 0) is 23.1 Å². The van der Waals surface area contributed by atoms with E-state index in [0.29, 0.717) is 28.5 Å². The highest BCUT2D eigenvalue weighted by atomic mass is 35.5. The van der Waals surface area contributed by atoms with Crippen LogP contribution in [0.2, 0.25) is 10.0 Å². The maximum Gasteiger partial charge on any atom is 0.293 e. The number of nitrogens with one attached hydrogen (secondary N) is 1. The standard InChI is InChI=1S/C21H22Cl2N4O3S/c1-12-15(13(2)26(3)25-12)7-8-18(28)24-9-10-27-20(29)17(31-21(27)30)11-14-5-4-6-16(22)19(14)23/h4-6,11H,7-10H2,1-3H3,(H,24,28)/b17-11-. The molecule has 1 fully saturated rings. The number of amides is 3. The molecule has 0 bridgehead atoms.